The van der Waals surface area contributed by atoms with Crippen molar-refractivity contribution in [1.29, 1.82) is 0 Å². The maximum atomic E-state index is 11.4. The minimum atomic E-state index is -0.756. The van der Waals surface area contributed by atoms with Gasteiger partial charge in [-0.05, 0) is 56.9 Å². The quantitative estimate of drug-likeness (QED) is 0.330. The molecule has 0 unspecified atom stereocenters. The lowest BCUT2D eigenvalue weighted by Crippen LogP contribution is -2.29. The van der Waals surface area contributed by atoms with Crippen molar-refractivity contribution in [2.24, 2.45) is 13.0 Å². The van der Waals surface area contributed by atoms with E-state index in [2.05, 4.69) is 25.6 Å². The smallest absolute Gasteiger partial charge is 0.306 e. The van der Waals surface area contributed by atoms with Crippen molar-refractivity contribution in [3.63, 3.8) is 0 Å². The molecule has 11 heteroatoms. The summed E-state index contributed by atoms with van der Waals surface area (Å²) < 4.78 is 13.6. The molecule has 1 saturated carbocycles. The van der Waals surface area contributed by atoms with Crippen LogP contribution in [0.4, 0.5) is 5.95 Å². The van der Waals surface area contributed by atoms with Gasteiger partial charge in [0.1, 0.15) is 17.2 Å². The number of carboxylic acid groups (broad SMARTS) is 1. The van der Waals surface area contributed by atoms with Crippen LogP contribution in [-0.4, -0.2) is 47.1 Å². The maximum Gasteiger partial charge on any atom is 0.306 e. The van der Waals surface area contributed by atoms with Crippen LogP contribution in [0.3, 0.4) is 0 Å². The average molecular weight is 516 g/mol. The lowest BCUT2D eigenvalue weighted by molar-refractivity contribution is -0.143. The molecule has 1 aliphatic carbocycles. The van der Waals surface area contributed by atoms with E-state index in [1.165, 1.54) is 0 Å². The highest BCUT2D eigenvalue weighted by molar-refractivity contribution is 5.70. The first-order valence-corrected chi connectivity index (χ1v) is 12.5. The second-order valence-electron chi connectivity index (χ2n) is 9.22. The number of ether oxygens (including phenoxy) is 2. The molecule has 11 nitrogen and oxygen atoms in total. The first-order chi connectivity index (χ1) is 18.5. The van der Waals surface area contributed by atoms with Gasteiger partial charge in [0.05, 0.1) is 35.6 Å². The van der Waals surface area contributed by atoms with Crippen LogP contribution in [0, 0.1) is 12.8 Å². The van der Waals surface area contributed by atoms with Crippen LogP contribution < -0.4 is 14.8 Å². The topological polar surface area (TPSA) is 137 Å². The molecule has 1 aliphatic rings. The summed E-state index contributed by atoms with van der Waals surface area (Å²) in [4.78, 5) is 24.8. The van der Waals surface area contributed by atoms with Crippen molar-refractivity contribution in [1.82, 2.24) is 29.9 Å². The van der Waals surface area contributed by atoms with Gasteiger partial charge in [-0.1, -0.05) is 23.4 Å². The van der Waals surface area contributed by atoms with Gasteiger partial charge >= 0.3 is 5.97 Å². The minimum absolute atomic E-state index is 0.130. The molecule has 0 amide bonds. The number of anilines is 1. The highest BCUT2D eigenvalue weighted by Gasteiger charge is 2.28. The maximum absolute atomic E-state index is 11.4. The van der Waals surface area contributed by atoms with Crippen LogP contribution in [-0.2, 0) is 18.4 Å². The summed E-state index contributed by atoms with van der Waals surface area (Å²) >= 11 is 0. The van der Waals surface area contributed by atoms with Crippen molar-refractivity contribution in [3.05, 3.63) is 66.1 Å². The van der Waals surface area contributed by atoms with Gasteiger partial charge in [0.15, 0.2) is 0 Å². The summed E-state index contributed by atoms with van der Waals surface area (Å²) in [5.41, 5.74) is 2.81. The molecular formula is C27H29N7O4. The Bertz CT molecular complexity index is 1410. The highest BCUT2D eigenvalue weighted by atomic mass is 16.5. The molecule has 196 valence electrons. The molecule has 38 heavy (non-hydrogen) atoms. The number of rotatable bonds is 9. The number of para-hydroxylation sites is 1. The number of nitrogens with one attached hydrogen (secondary N) is 1. The lowest BCUT2D eigenvalue weighted by Gasteiger charge is -2.27. The van der Waals surface area contributed by atoms with E-state index in [4.69, 9.17) is 14.5 Å². The third kappa shape index (κ3) is 5.88. The number of hydrogen-bond donors (Lipinski definition) is 2. The first-order valence-electron chi connectivity index (χ1n) is 12.5. The fourth-order valence-electron chi connectivity index (χ4n) is 4.49. The van der Waals surface area contributed by atoms with Crippen molar-refractivity contribution in [3.8, 4) is 28.8 Å². The van der Waals surface area contributed by atoms with Gasteiger partial charge in [-0.3, -0.25) is 4.79 Å². The predicted molar refractivity (Wildman–Crippen MR) is 139 cm³/mol. The summed E-state index contributed by atoms with van der Waals surface area (Å²) in [7, 11) is 1.82. The van der Waals surface area contributed by atoms with Crippen molar-refractivity contribution >= 4 is 11.9 Å². The normalized spacial score (nSPS) is 17.1. The first kappa shape index (κ1) is 25.1. The molecular weight excluding hydrogens is 486 g/mol. The Kier molecular flexibility index (Phi) is 7.43. The van der Waals surface area contributed by atoms with Gasteiger partial charge in [0.2, 0.25) is 11.8 Å². The van der Waals surface area contributed by atoms with E-state index in [-0.39, 0.29) is 12.0 Å². The van der Waals surface area contributed by atoms with Crippen LogP contribution in [0.1, 0.15) is 37.1 Å². The molecule has 0 bridgehead atoms. The fourth-order valence-corrected chi connectivity index (χ4v) is 4.49. The van der Waals surface area contributed by atoms with Gasteiger partial charge in [-0.15, -0.1) is 5.10 Å². The Balaban J connectivity index is 1.27. The van der Waals surface area contributed by atoms with Gasteiger partial charge in [-0.25, -0.2) is 14.6 Å². The lowest BCUT2D eigenvalue weighted by atomic mass is 9.87. The molecule has 3 heterocycles. The summed E-state index contributed by atoms with van der Waals surface area (Å²) in [6.45, 7) is 2.24. The van der Waals surface area contributed by atoms with Gasteiger partial charge in [-0.2, -0.15) is 4.98 Å². The number of hydrogen-bond acceptors (Lipinski definition) is 9. The summed E-state index contributed by atoms with van der Waals surface area (Å²) in [5, 5.41) is 21.1. The largest absolute Gasteiger partial charge is 0.489 e. The monoisotopic (exact) mass is 515 g/mol. The summed E-state index contributed by atoms with van der Waals surface area (Å²) in [5.74, 6) is 1.06. The zero-order valence-corrected chi connectivity index (χ0v) is 21.2. The average Bonchev–Trinajstić information content (AvgIpc) is 3.29. The molecule has 0 saturated heterocycles. The Labute approximate surface area is 219 Å². The summed E-state index contributed by atoms with van der Waals surface area (Å²) in [6, 6.07) is 14.8. The number of nitrogens with zero attached hydrogens (tertiary/aromatic N) is 6. The van der Waals surface area contributed by atoms with E-state index in [1.807, 2.05) is 56.4 Å². The van der Waals surface area contributed by atoms with Crippen molar-refractivity contribution in [2.45, 2.75) is 45.3 Å². The third-order valence-corrected chi connectivity index (χ3v) is 6.50. The molecule has 0 aliphatic heterocycles. The van der Waals surface area contributed by atoms with E-state index in [0.717, 1.165) is 18.5 Å². The van der Waals surface area contributed by atoms with E-state index < -0.39 is 5.97 Å². The molecule has 0 radical (unpaired) electrons. The minimum Gasteiger partial charge on any atom is -0.489 e. The van der Waals surface area contributed by atoms with Crippen LogP contribution >= 0.6 is 0 Å². The molecule has 1 fully saturated rings. The molecule has 2 atom stereocenters. The SMILES string of the molecule is Cc1nc(-c2nnn(C)c2CNc2nccc(Oc3ccccc3)n2)ccc1O[C@H]1CCC[C@H](C(=O)O)C1. The molecule has 0 spiro atoms. The number of pyridine rings is 1. The second-order valence-corrected chi connectivity index (χ2v) is 9.22. The van der Waals surface area contributed by atoms with Crippen LogP contribution in [0.15, 0.2) is 54.7 Å². The molecule has 1 aromatic carbocycles. The van der Waals surface area contributed by atoms with Crippen LogP contribution in [0.25, 0.3) is 11.4 Å². The number of aromatic nitrogens is 6. The number of benzene rings is 1. The number of carboxylic acids is 1. The zero-order valence-electron chi connectivity index (χ0n) is 21.2. The molecule has 5 rings (SSSR count). The second kappa shape index (κ2) is 11.2. The number of aryl methyl sites for hydroxylation is 2. The third-order valence-electron chi connectivity index (χ3n) is 6.50. The van der Waals surface area contributed by atoms with Crippen molar-refractivity contribution in [2.75, 3.05) is 5.32 Å². The van der Waals surface area contributed by atoms with Crippen molar-refractivity contribution < 1.29 is 19.4 Å². The summed E-state index contributed by atoms with van der Waals surface area (Å²) in [6.07, 6.45) is 4.39. The zero-order chi connectivity index (χ0) is 26.5. The number of carbonyl (C=O) groups is 1. The Morgan fingerprint density at radius 3 is 2.76 bits per heavy atom. The van der Waals surface area contributed by atoms with E-state index in [1.54, 1.807) is 16.9 Å². The van der Waals surface area contributed by atoms with Gasteiger partial charge in [0, 0.05) is 19.3 Å². The molecule has 3 aromatic heterocycles. The molecule has 2 N–H and O–H groups in total. The van der Waals surface area contributed by atoms with Gasteiger partial charge in [0.25, 0.3) is 0 Å². The number of aliphatic carboxylic acids is 1. The van der Waals surface area contributed by atoms with E-state index in [0.29, 0.717) is 59.8 Å². The standard InChI is InChI=1S/C27H29N7O4/c1-17-23(37-20-10-6-7-18(15-20)26(35)36)12-11-21(30-17)25-22(34(2)33-32-25)16-29-27-28-14-13-24(31-27)38-19-8-4-3-5-9-19/h3-5,8-9,11-14,18,20H,6-7,10,15-16H2,1-2H3,(H,35,36)(H,28,29,31)/t18-,20-/m0/s1. The van der Waals surface area contributed by atoms with Crippen LogP contribution in [0.5, 0.6) is 17.4 Å². The van der Waals surface area contributed by atoms with E-state index in [9.17, 15) is 9.90 Å². The predicted octanol–water partition coefficient (Wildman–Crippen LogP) is 4.40. The Morgan fingerprint density at radius 2 is 1.97 bits per heavy atom. The fraction of sp³-hybridized carbons (Fsp3) is 0.333. The van der Waals surface area contributed by atoms with Crippen LogP contribution in [0.2, 0.25) is 0 Å². The van der Waals surface area contributed by atoms with Gasteiger partial charge < -0.3 is 19.9 Å². The molecule has 4 aromatic rings. The highest BCUT2D eigenvalue weighted by Crippen LogP contribution is 2.30. The van der Waals surface area contributed by atoms with E-state index >= 15 is 0 Å². The Morgan fingerprint density at radius 1 is 1.13 bits per heavy atom. The Hall–Kier alpha value is -4.54.